The van der Waals surface area contributed by atoms with Crippen molar-refractivity contribution in [3.8, 4) is 11.8 Å². The molecule has 1 amide bonds. The van der Waals surface area contributed by atoms with Crippen LogP contribution in [0.15, 0.2) is 12.1 Å². The summed E-state index contributed by atoms with van der Waals surface area (Å²) in [6.45, 7) is 6.28. The third kappa shape index (κ3) is 1.95. The standard InChI is InChI=1S/C16H18N4O/c1-4-5-6-7-20-13-9-12-11(18-15(17)19-12)8-10(13)16(2,3)14(20)21/h8-9H,4,7H2,1-3H3,(H3,17,18,19). The highest BCUT2D eigenvalue weighted by atomic mass is 16.2. The van der Waals surface area contributed by atoms with Crippen LogP contribution >= 0.6 is 0 Å². The number of benzene rings is 1. The molecule has 0 bridgehead atoms. The molecule has 0 unspecified atom stereocenters. The molecule has 0 atom stereocenters. The first kappa shape index (κ1) is 13.5. The predicted molar refractivity (Wildman–Crippen MR) is 84.0 cm³/mol. The summed E-state index contributed by atoms with van der Waals surface area (Å²) in [5.74, 6) is 6.51. The Morgan fingerprint density at radius 1 is 1.38 bits per heavy atom. The van der Waals surface area contributed by atoms with Crippen molar-refractivity contribution >= 4 is 28.6 Å². The van der Waals surface area contributed by atoms with Crippen molar-refractivity contribution in [3.63, 3.8) is 0 Å². The molecular weight excluding hydrogens is 264 g/mol. The molecule has 1 aromatic heterocycles. The summed E-state index contributed by atoms with van der Waals surface area (Å²) < 4.78 is 0. The van der Waals surface area contributed by atoms with Gasteiger partial charge < -0.3 is 10.7 Å². The van der Waals surface area contributed by atoms with Crippen LogP contribution in [-0.4, -0.2) is 22.4 Å². The molecule has 21 heavy (non-hydrogen) atoms. The third-order valence-corrected chi connectivity index (χ3v) is 3.90. The minimum Gasteiger partial charge on any atom is -0.369 e. The first-order valence-electron chi connectivity index (χ1n) is 7.02. The number of nitrogens with zero attached hydrogens (tertiary/aromatic N) is 2. The van der Waals surface area contributed by atoms with E-state index in [1.807, 2.05) is 32.9 Å². The van der Waals surface area contributed by atoms with Gasteiger partial charge in [-0.15, -0.1) is 5.92 Å². The Hall–Kier alpha value is -2.48. The lowest BCUT2D eigenvalue weighted by atomic mass is 9.86. The van der Waals surface area contributed by atoms with E-state index in [4.69, 9.17) is 5.73 Å². The van der Waals surface area contributed by atoms with Gasteiger partial charge in [-0.05, 0) is 31.5 Å². The second-order valence-electron chi connectivity index (χ2n) is 5.73. The number of aromatic amines is 1. The summed E-state index contributed by atoms with van der Waals surface area (Å²) >= 11 is 0. The molecule has 5 heteroatoms. The monoisotopic (exact) mass is 282 g/mol. The van der Waals surface area contributed by atoms with Crippen molar-refractivity contribution in [1.82, 2.24) is 9.97 Å². The zero-order valence-corrected chi connectivity index (χ0v) is 12.4. The smallest absolute Gasteiger partial charge is 0.238 e. The number of nitrogens with two attached hydrogens (primary N) is 1. The van der Waals surface area contributed by atoms with Gasteiger partial charge in [0, 0.05) is 6.42 Å². The molecule has 3 rings (SSSR count). The maximum Gasteiger partial charge on any atom is 0.238 e. The molecule has 0 spiro atoms. The van der Waals surface area contributed by atoms with Gasteiger partial charge >= 0.3 is 0 Å². The van der Waals surface area contributed by atoms with Gasteiger partial charge in [0.05, 0.1) is 28.7 Å². The zero-order valence-electron chi connectivity index (χ0n) is 12.4. The number of carbonyl (C=O) groups is 1. The summed E-state index contributed by atoms with van der Waals surface area (Å²) in [7, 11) is 0. The molecule has 1 aromatic carbocycles. The molecule has 0 aliphatic carbocycles. The van der Waals surface area contributed by atoms with Gasteiger partial charge in [0.1, 0.15) is 0 Å². The van der Waals surface area contributed by atoms with E-state index in [2.05, 4.69) is 21.8 Å². The molecule has 0 saturated heterocycles. The van der Waals surface area contributed by atoms with E-state index in [-0.39, 0.29) is 5.91 Å². The molecule has 2 aromatic rings. The molecule has 3 N–H and O–H groups in total. The summed E-state index contributed by atoms with van der Waals surface area (Å²) in [6, 6.07) is 3.89. The quantitative estimate of drug-likeness (QED) is 0.787. The highest BCUT2D eigenvalue weighted by Crippen LogP contribution is 2.43. The van der Waals surface area contributed by atoms with Gasteiger partial charge in [0.25, 0.3) is 0 Å². The van der Waals surface area contributed by atoms with E-state index < -0.39 is 5.41 Å². The van der Waals surface area contributed by atoms with Gasteiger partial charge in [-0.2, -0.15) is 0 Å². The van der Waals surface area contributed by atoms with Crippen LogP contribution in [0.1, 0.15) is 32.8 Å². The molecule has 5 nitrogen and oxygen atoms in total. The van der Waals surface area contributed by atoms with Crippen molar-refractivity contribution < 1.29 is 4.79 Å². The Labute approximate surface area is 123 Å². The second kappa shape index (κ2) is 4.52. The maximum atomic E-state index is 12.6. The fourth-order valence-corrected chi connectivity index (χ4v) is 2.77. The summed E-state index contributed by atoms with van der Waals surface area (Å²) in [4.78, 5) is 21.6. The fraction of sp³-hybridized carbons (Fsp3) is 0.375. The molecule has 108 valence electrons. The zero-order chi connectivity index (χ0) is 15.2. The number of amides is 1. The Bertz CT molecular complexity index is 792. The number of imidazole rings is 1. The van der Waals surface area contributed by atoms with Crippen molar-refractivity contribution in [3.05, 3.63) is 17.7 Å². The number of rotatable bonds is 1. The van der Waals surface area contributed by atoms with Gasteiger partial charge in [-0.25, -0.2) is 4.98 Å². The number of nitrogens with one attached hydrogen (secondary N) is 1. The topological polar surface area (TPSA) is 75.0 Å². The summed E-state index contributed by atoms with van der Waals surface area (Å²) in [5, 5.41) is 0. The van der Waals surface area contributed by atoms with Crippen LogP contribution in [0.25, 0.3) is 11.0 Å². The third-order valence-electron chi connectivity index (χ3n) is 3.90. The Kier molecular flexibility index (Phi) is 2.91. The first-order chi connectivity index (χ1) is 9.95. The van der Waals surface area contributed by atoms with E-state index in [0.29, 0.717) is 12.5 Å². The molecule has 1 aliphatic rings. The highest BCUT2D eigenvalue weighted by Gasteiger charge is 2.43. The number of hydrogen-bond donors (Lipinski definition) is 2. The number of fused-ring (bicyclic) bond motifs is 2. The van der Waals surface area contributed by atoms with Crippen molar-refractivity contribution in [1.29, 1.82) is 0 Å². The van der Waals surface area contributed by atoms with Crippen LogP contribution in [0, 0.1) is 11.8 Å². The first-order valence-corrected chi connectivity index (χ1v) is 7.02. The average molecular weight is 282 g/mol. The Morgan fingerprint density at radius 2 is 2.14 bits per heavy atom. The molecule has 0 radical (unpaired) electrons. The molecule has 1 aliphatic heterocycles. The molecule has 0 fully saturated rings. The van der Waals surface area contributed by atoms with Crippen LogP contribution in [-0.2, 0) is 10.2 Å². The number of carbonyl (C=O) groups excluding carboxylic acids is 1. The van der Waals surface area contributed by atoms with Gasteiger partial charge in [0.15, 0.2) is 5.95 Å². The van der Waals surface area contributed by atoms with Gasteiger partial charge in [-0.1, -0.05) is 12.8 Å². The lowest BCUT2D eigenvalue weighted by molar-refractivity contribution is -0.121. The highest BCUT2D eigenvalue weighted by molar-refractivity contribution is 6.09. The van der Waals surface area contributed by atoms with Crippen molar-refractivity contribution in [2.24, 2.45) is 0 Å². The maximum absolute atomic E-state index is 12.6. The number of aromatic nitrogens is 2. The van der Waals surface area contributed by atoms with Crippen molar-refractivity contribution in [2.75, 3.05) is 17.2 Å². The minimum absolute atomic E-state index is 0.0727. The van der Waals surface area contributed by atoms with Crippen LogP contribution in [0.5, 0.6) is 0 Å². The summed E-state index contributed by atoms with van der Waals surface area (Å²) in [5.41, 5.74) is 8.65. The van der Waals surface area contributed by atoms with E-state index in [1.54, 1.807) is 4.90 Å². The van der Waals surface area contributed by atoms with E-state index in [9.17, 15) is 4.79 Å². The number of anilines is 2. The Balaban J connectivity index is 2.15. The Morgan fingerprint density at radius 3 is 2.86 bits per heavy atom. The molecule has 2 heterocycles. The average Bonchev–Trinajstić information content (AvgIpc) is 2.87. The van der Waals surface area contributed by atoms with Gasteiger partial charge in [-0.3, -0.25) is 9.69 Å². The lowest BCUT2D eigenvalue weighted by Crippen LogP contribution is -2.36. The normalized spacial score (nSPS) is 16.0. The van der Waals surface area contributed by atoms with E-state index >= 15 is 0 Å². The largest absolute Gasteiger partial charge is 0.369 e. The summed E-state index contributed by atoms with van der Waals surface area (Å²) in [6.07, 6.45) is 0.785. The van der Waals surface area contributed by atoms with Crippen LogP contribution in [0.2, 0.25) is 0 Å². The number of hydrogen-bond acceptors (Lipinski definition) is 3. The molecule has 0 saturated carbocycles. The number of nitrogen functional groups attached to an aromatic ring is 1. The van der Waals surface area contributed by atoms with E-state index in [0.717, 1.165) is 28.7 Å². The van der Waals surface area contributed by atoms with Crippen LogP contribution in [0.4, 0.5) is 11.6 Å². The SMILES string of the molecule is CCC#CCN1C(=O)C(C)(C)c2cc3[nH]c(N)nc3cc21. The fourth-order valence-electron chi connectivity index (χ4n) is 2.77. The second-order valence-corrected chi connectivity index (χ2v) is 5.73. The predicted octanol–water partition coefficient (Wildman–Crippen LogP) is 2.18. The lowest BCUT2D eigenvalue weighted by Gasteiger charge is -2.18. The van der Waals surface area contributed by atoms with Gasteiger partial charge in [0.2, 0.25) is 5.91 Å². The number of H-pyrrole nitrogens is 1. The van der Waals surface area contributed by atoms with Crippen LogP contribution < -0.4 is 10.6 Å². The van der Waals surface area contributed by atoms with Crippen molar-refractivity contribution in [2.45, 2.75) is 32.6 Å². The molecular formula is C16H18N4O. The van der Waals surface area contributed by atoms with Crippen LogP contribution in [0.3, 0.4) is 0 Å². The minimum atomic E-state index is -0.558. The van der Waals surface area contributed by atoms with E-state index in [1.165, 1.54) is 0 Å².